The Bertz CT molecular complexity index is 2450. The molecule has 0 aliphatic carbocycles. The molecule has 8 rings (SSSR count). The molecule has 4 N–H and O–H groups in total. The highest BCUT2D eigenvalue weighted by molar-refractivity contribution is 5.69. The van der Waals surface area contributed by atoms with Crippen molar-refractivity contribution in [2.24, 2.45) is 0 Å². The number of anilines is 2. The molecule has 0 radical (unpaired) electrons. The van der Waals surface area contributed by atoms with Crippen LogP contribution in [0.1, 0.15) is 32.6 Å². The molecule has 2 saturated heterocycles. The SMILES string of the molecule is CCNCC(O)COc1cccc(-c2nc(N(C)C3CCOCC3)cc(-n3cccn3)n2)c1.CNCC(O)COc1cccc(-c2nc(-c3ccnc(OC)c3)cc(N(C)C3CCOCC3)n2)c1. The van der Waals surface area contributed by atoms with Crippen LogP contribution < -0.4 is 34.6 Å². The number of benzene rings is 2. The molecule has 6 heterocycles. The number of hydrogen-bond acceptors (Lipinski definition) is 17. The Morgan fingerprint density at radius 1 is 0.706 bits per heavy atom. The minimum Gasteiger partial charge on any atom is -0.491 e. The summed E-state index contributed by atoms with van der Waals surface area (Å²) in [6.07, 6.45) is 7.97. The molecule has 2 aliphatic heterocycles. The number of nitrogens with zero attached hydrogens (tertiary/aromatic N) is 9. The van der Waals surface area contributed by atoms with Gasteiger partial charge in [0.15, 0.2) is 17.5 Å². The van der Waals surface area contributed by atoms with E-state index in [0.29, 0.717) is 60.0 Å². The summed E-state index contributed by atoms with van der Waals surface area (Å²) in [5, 5.41) is 30.4. The summed E-state index contributed by atoms with van der Waals surface area (Å²) in [5.74, 6) is 5.40. The van der Waals surface area contributed by atoms with Gasteiger partial charge in [-0.05, 0) is 75.7 Å². The van der Waals surface area contributed by atoms with Gasteiger partial charge in [-0.1, -0.05) is 31.2 Å². The van der Waals surface area contributed by atoms with Gasteiger partial charge in [0.05, 0.1) is 12.8 Å². The van der Waals surface area contributed by atoms with Gasteiger partial charge in [0.1, 0.15) is 48.6 Å². The van der Waals surface area contributed by atoms with Crippen LogP contribution in [0, 0.1) is 0 Å². The van der Waals surface area contributed by atoms with Crippen molar-refractivity contribution in [3.05, 3.63) is 97.5 Å². The Morgan fingerprint density at radius 3 is 1.85 bits per heavy atom. The molecule has 18 nitrogen and oxygen atoms in total. The van der Waals surface area contributed by atoms with Crippen LogP contribution in [0.3, 0.4) is 0 Å². The number of aliphatic hydroxyl groups is 2. The van der Waals surface area contributed by atoms with Crippen LogP contribution in [0.15, 0.2) is 97.5 Å². The molecule has 2 aliphatic rings. The van der Waals surface area contributed by atoms with E-state index in [0.717, 1.165) is 92.7 Å². The molecule has 0 saturated carbocycles. The molecule has 2 aromatic carbocycles. The van der Waals surface area contributed by atoms with Crippen molar-refractivity contribution in [3.8, 4) is 57.2 Å². The van der Waals surface area contributed by atoms with Crippen molar-refractivity contribution < 1.29 is 33.9 Å². The fourth-order valence-electron chi connectivity index (χ4n) is 7.84. The topological polar surface area (TPSA) is 199 Å². The summed E-state index contributed by atoms with van der Waals surface area (Å²) >= 11 is 0. The summed E-state index contributed by atoms with van der Waals surface area (Å²) in [6, 6.07) is 25.6. The maximum atomic E-state index is 10.1. The van der Waals surface area contributed by atoms with Gasteiger partial charge in [-0.25, -0.2) is 29.6 Å². The van der Waals surface area contributed by atoms with Gasteiger partial charge in [0, 0.05) is 119 Å². The number of nitrogens with one attached hydrogen (secondary N) is 2. The number of rotatable bonds is 20. The van der Waals surface area contributed by atoms with E-state index in [2.05, 4.69) is 44.6 Å². The summed E-state index contributed by atoms with van der Waals surface area (Å²) in [6.45, 7) is 7.19. The zero-order chi connectivity index (χ0) is 47.7. The molecule has 2 unspecified atom stereocenters. The van der Waals surface area contributed by atoms with Crippen molar-refractivity contribution in [1.29, 1.82) is 0 Å². The maximum Gasteiger partial charge on any atom is 0.213 e. The van der Waals surface area contributed by atoms with Crippen molar-refractivity contribution in [1.82, 2.24) is 45.3 Å². The first-order valence-corrected chi connectivity index (χ1v) is 23.3. The van der Waals surface area contributed by atoms with Crippen molar-refractivity contribution in [2.45, 2.75) is 56.9 Å². The third-order valence-corrected chi connectivity index (χ3v) is 11.7. The van der Waals surface area contributed by atoms with Crippen LogP contribution in [0.25, 0.3) is 39.9 Å². The normalized spacial score (nSPS) is 15.2. The van der Waals surface area contributed by atoms with Gasteiger partial charge in [-0.15, -0.1) is 0 Å². The first kappa shape index (κ1) is 49.6. The highest BCUT2D eigenvalue weighted by Gasteiger charge is 2.23. The Hall–Kier alpha value is -6.28. The molecule has 18 heteroatoms. The second kappa shape index (κ2) is 25.2. The number of likely N-dealkylation sites (N-methyl/N-ethyl adjacent to an activating group) is 2. The molecule has 0 bridgehead atoms. The Kier molecular flexibility index (Phi) is 18.4. The number of hydrogen-bond donors (Lipinski definition) is 4. The van der Waals surface area contributed by atoms with E-state index in [1.165, 1.54) is 0 Å². The van der Waals surface area contributed by atoms with Gasteiger partial charge in [0.2, 0.25) is 5.88 Å². The largest absolute Gasteiger partial charge is 0.491 e. The van der Waals surface area contributed by atoms with E-state index in [9.17, 15) is 10.2 Å². The lowest BCUT2D eigenvalue weighted by molar-refractivity contribution is 0.0852. The summed E-state index contributed by atoms with van der Waals surface area (Å²) in [5.41, 5.74) is 3.34. The molecule has 2 fully saturated rings. The zero-order valence-corrected chi connectivity index (χ0v) is 39.7. The van der Waals surface area contributed by atoms with E-state index in [1.54, 1.807) is 31.2 Å². The maximum absolute atomic E-state index is 10.1. The van der Waals surface area contributed by atoms with Crippen molar-refractivity contribution in [2.75, 3.05) is 97.3 Å². The molecule has 362 valence electrons. The van der Waals surface area contributed by atoms with Crippen molar-refractivity contribution in [3.63, 3.8) is 0 Å². The molecular weight excluding hydrogens is 867 g/mol. The molecule has 4 aromatic heterocycles. The lowest BCUT2D eigenvalue weighted by Crippen LogP contribution is -2.37. The Morgan fingerprint density at radius 2 is 1.29 bits per heavy atom. The number of pyridine rings is 1. The number of methoxy groups -OCH3 is 1. The van der Waals surface area contributed by atoms with Crippen LogP contribution in [-0.2, 0) is 9.47 Å². The van der Waals surface area contributed by atoms with E-state index >= 15 is 0 Å². The highest BCUT2D eigenvalue weighted by atomic mass is 16.5. The van der Waals surface area contributed by atoms with Gasteiger partial charge >= 0.3 is 0 Å². The average Bonchev–Trinajstić information content (AvgIpc) is 3.95. The van der Waals surface area contributed by atoms with Crippen LogP contribution in [0.4, 0.5) is 11.6 Å². The molecule has 2 atom stereocenters. The minimum absolute atomic E-state index is 0.194. The van der Waals surface area contributed by atoms with Crippen LogP contribution >= 0.6 is 0 Å². The van der Waals surface area contributed by atoms with E-state index < -0.39 is 12.2 Å². The first-order chi connectivity index (χ1) is 33.2. The molecule has 68 heavy (non-hydrogen) atoms. The molecule has 0 amide bonds. The zero-order valence-electron chi connectivity index (χ0n) is 39.7. The van der Waals surface area contributed by atoms with Crippen LogP contribution in [-0.4, -0.2) is 157 Å². The first-order valence-electron chi connectivity index (χ1n) is 23.3. The average molecular weight is 932 g/mol. The van der Waals surface area contributed by atoms with E-state index in [-0.39, 0.29) is 13.2 Å². The highest BCUT2D eigenvalue weighted by Crippen LogP contribution is 2.31. The second-order valence-corrected chi connectivity index (χ2v) is 16.6. The number of aromatic nitrogens is 7. The predicted molar refractivity (Wildman–Crippen MR) is 262 cm³/mol. The molecule has 6 aromatic rings. The summed E-state index contributed by atoms with van der Waals surface area (Å²) in [4.78, 5) is 28.1. The summed E-state index contributed by atoms with van der Waals surface area (Å²) in [7, 11) is 7.53. The van der Waals surface area contributed by atoms with Crippen LogP contribution in [0.2, 0.25) is 0 Å². The smallest absolute Gasteiger partial charge is 0.213 e. The van der Waals surface area contributed by atoms with Crippen LogP contribution in [0.5, 0.6) is 17.4 Å². The lowest BCUT2D eigenvalue weighted by Gasteiger charge is -2.32. The quantitative estimate of drug-likeness (QED) is 0.0790. The van der Waals surface area contributed by atoms with Crippen molar-refractivity contribution >= 4 is 11.6 Å². The van der Waals surface area contributed by atoms with Gasteiger partial charge in [-0.2, -0.15) is 5.10 Å². The van der Waals surface area contributed by atoms with Gasteiger partial charge < -0.3 is 54.3 Å². The van der Waals surface area contributed by atoms with Gasteiger partial charge in [0.25, 0.3) is 0 Å². The van der Waals surface area contributed by atoms with Gasteiger partial charge in [-0.3, -0.25) is 0 Å². The standard InChI is InChI=1S/C26H33N5O4.C24H32N6O3/c1-27-16-21(32)17-35-22-6-4-5-19(13-22)26-29-23(18-7-10-28-25(14-18)33-3)15-24(30-26)31(2)20-8-11-34-12-9-20;1-3-25-16-20(31)17-33-21-7-4-6-18(14-21)24-27-22(29(2)19-8-12-32-13-9-19)15-23(28-24)30-11-5-10-26-30/h4-7,10,13-15,20-21,27,32H,8-9,11-12,16-17H2,1-3H3;4-7,10-11,14-15,19-20,25,31H,3,8-9,12-13,16-17H2,1-2H3. The van der Waals surface area contributed by atoms with E-state index in [1.807, 2.05) is 92.0 Å². The lowest BCUT2D eigenvalue weighted by atomic mass is 10.1. The molecule has 0 spiro atoms. The predicted octanol–water partition coefficient (Wildman–Crippen LogP) is 5.08. The fraction of sp³-hybridized carbons (Fsp3) is 0.440. The monoisotopic (exact) mass is 932 g/mol. The third-order valence-electron chi connectivity index (χ3n) is 11.7. The Balaban J connectivity index is 0.000000202. The number of ether oxygens (including phenoxy) is 5. The second-order valence-electron chi connectivity index (χ2n) is 16.6. The fourth-order valence-corrected chi connectivity index (χ4v) is 7.84. The number of aliphatic hydroxyl groups excluding tert-OH is 2. The third kappa shape index (κ3) is 13.9. The summed E-state index contributed by atoms with van der Waals surface area (Å²) < 4.78 is 29.8. The van der Waals surface area contributed by atoms with E-state index in [4.69, 9.17) is 43.6 Å². The Labute approximate surface area is 398 Å². The minimum atomic E-state index is -0.593. The molecular formula is C50H65N11O7.